The number of nitrogens with one attached hydrogen (secondary N) is 2. The molecule has 1 rings (SSSR count). The van der Waals surface area contributed by atoms with Crippen LogP contribution in [0.2, 0.25) is 0 Å². The topological polar surface area (TPSA) is 61.4 Å². The third-order valence-electron chi connectivity index (χ3n) is 2.19. The van der Waals surface area contributed by atoms with Crippen LogP contribution in [-0.4, -0.2) is 23.8 Å². The van der Waals surface area contributed by atoms with Gasteiger partial charge < -0.3 is 15.7 Å². The summed E-state index contributed by atoms with van der Waals surface area (Å²) in [6, 6.07) is 0.190. The van der Waals surface area contributed by atoms with E-state index in [1.807, 2.05) is 5.32 Å². The zero-order valence-corrected chi connectivity index (χ0v) is 9.88. The number of hydrogen-bond donors (Lipinski definition) is 3. The number of urea groups is 1. The van der Waals surface area contributed by atoms with Gasteiger partial charge in [0.2, 0.25) is 0 Å². The highest BCUT2D eigenvalue weighted by Gasteiger charge is 2.31. The van der Waals surface area contributed by atoms with Crippen LogP contribution in [-0.2, 0) is 6.18 Å². The van der Waals surface area contributed by atoms with E-state index in [0.717, 1.165) is 0 Å². The number of carbonyl (C=O) groups excluding carboxylic acids is 1. The second-order valence-corrected chi connectivity index (χ2v) is 3.87. The van der Waals surface area contributed by atoms with E-state index in [1.165, 1.54) is 6.92 Å². The zero-order chi connectivity index (χ0) is 14.6. The van der Waals surface area contributed by atoms with Gasteiger partial charge in [0.1, 0.15) is 5.82 Å². The van der Waals surface area contributed by atoms with E-state index < -0.39 is 35.3 Å². The predicted molar refractivity (Wildman–Crippen MR) is 60.1 cm³/mol. The van der Waals surface area contributed by atoms with E-state index >= 15 is 0 Å². The molecular formula is C11H12F4N2O2. The van der Waals surface area contributed by atoms with Gasteiger partial charge in [-0.1, -0.05) is 0 Å². The predicted octanol–water partition coefficient (Wildman–Crippen LogP) is 2.35. The maximum Gasteiger partial charge on any atom is 0.416 e. The van der Waals surface area contributed by atoms with Crippen LogP contribution >= 0.6 is 0 Å². The first-order valence-corrected chi connectivity index (χ1v) is 5.29. The lowest BCUT2D eigenvalue weighted by molar-refractivity contribution is -0.137. The van der Waals surface area contributed by atoms with Crippen LogP contribution in [0.4, 0.5) is 28.0 Å². The van der Waals surface area contributed by atoms with Crippen LogP contribution in [0.1, 0.15) is 12.5 Å². The molecule has 1 atom stereocenters. The van der Waals surface area contributed by atoms with Crippen molar-refractivity contribution in [1.82, 2.24) is 5.32 Å². The summed E-state index contributed by atoms with van der Waals surface area (Å²) in [6.07, 6.45) is -4.63. The second-order valence-electron chi connectivity index (χ2n) is 3.87. The van der Waals surface area contributed by atoms with E-state index in [9.17, 15) is 22.4 Å². The molecule has 0 aliphatic carbocycles. The average molecular weight is 280 g/mol. The molecule has 106 valence electrons. The molecule has 0 fully saturated rings. The maximum atomic E-state index is 13.3. The first-order chi connectivity index (χ1) is 8.74. The molecule has 0 saturated carbocycles. The smallest absolute Gasteiger partial charge is 0.394 e. The van der Waals surface area contributed by atoms with E-state index in [0.29, 0.717) is 18.2 Å². The van der Waals surface area contributed by atoms with Crippen LogP contribution < -0.4 is 10.6 Å². The Labute approximate surface area is 106 Å². The summed E-state index contributed by atoms with van der Waals surface area (Å²) < 4.78 is 50.5. The molecule has 8 heteroatoms. The molecule has 0 aliphatic rings. The number of benzene rings is 1. The summed E-state index contributed by atoms with van der Waals surface area (Å²) in [5.41, 5.74) is -1.66. The number of anilines is 1. The van der Waals surface area contributed by atoms with Gasteiger partial charge in [0.25, 0.3) is 0 Å². The molecule has 1 unspecified atom stereocenters. The first-order valence-electron chi connectivity index (χ1n) is 5.29. The Bertz CT molecular complexity index is 462. The first kappa shape index (κ1) is 15.2. The molecule has 1 aromatic rings. The quantitative estimate of drug-likeness (QED) is 0.744. The summed E-state index contributed by atoms with van der Waals surface area (Å²) in [4.78, 5) is 11.3. The van der Waals surface area contributed by atoms with Gasteiger partial charge in [0.05, 0.1) is 23.9 Å². The van der Waals surface area contributed by atoms with Crippen LogP contribution in [0.5, 0.6) is 0 Å². The van der Waals surface area contributed by atoms with Crippen molar-refractivity contribution in [2.24, 2.45) is 0 Å². The largest absolute Gasteiger partial charge is 0.416 e. The molecule has 19 heavy (non-hydrogen) atoms. The van der Waals surface area contributed by atoms with Gasteiger partial charge in [-0.2, -0.15) is 13.2 Å². The third-order valence-corrected chi connectivity index (χ3v) is 2.19. The summed E-state index contributed by atoms with van der Waals surface area (Å²) in [5, 5.41) is 12.9. The lowest BCUT2D eigenvalue weighted by Crippen LogP contribution is -2.38. The molecule has 0 bridgehead atoms. The fraction of sp³-hybridized carbons (Fsp3) is 0.364. The Morgan fingerprint density at radius 1 is 1.42 bits per heavy atom. The second kappa shape index (κ2) is 5.87. The SMILES string of the molecule is CC(CO)NC(=O)Nc1cc(C(F)(F)F)ccc1F. The molecule has 0 aromatic heterocycles. The summed E-state index contributed by atoms with van der Waals surface area (Å²) in [6.45, 7) is 1.13. The lowest BCUT2D eigenvalue weighted by atomic mass is 10.2. The molecule has 3 N–H and O–H groups in total. The van der Waals surface area contributed by atoms with E-state index in [1.54, 1.807) is 0 Å². The normalized spacial score (nSPS) is 12.9. The lowest BCUT2D eigenvalue weighted by Gasteiger charge is -2.14. The Morgan fingerprint density at radius 2 is 2.05 bits per heavy atom. The monoisotopic (exact) mass is 280 g/mol. The van der Waals surface area contributed by atoms with Crippen molar-refractivity contribution < 1.29 is 27.5 Å². The van der Waals surface area contributed by atoms with Gasteiger partial charge >= 0.3 is 12.2 Å². The molecule has 0 radical (unpaired) electrons. The van der Waals surface area contributed by atoms with Crippen LogP contribution in [0.15, 0.2) is 18.2 Å². The molecule has 0 heterocycles. The molecule has 2 amide bonds. The zero-order valence-electron chi connectivity index (χ0n) is 9.88. The molecular weight excluding hydrogens is 268 g/mol. The van der Waals surface area contributed by atoms with E-state index in [4.69, 9.17) is 5.11 Å². The number of halogens is 4. The molecule has 0 spiro atoms. The highest BCUT2D eigenvalue weighted by atomic mass is 19.4. The molecule has 4 nitrogen and oxygen atoms in total. The van der Waals surface area contributed by atoms with Crippen molar-refractivity contribution >= 4 is 11.7 Å². The van der Waals surface area contributed by atoms with Crippen molar-refractivity contribution in [3.8, 4) is 0 Å². The molecule has 0 saturated heterocycles. The standard InChI is InChI=1S/C11H12F4N2O2/c1-6(5-18)16-10(19)17-9-4-7(11(13,14)15)2-3-8(9)12/h2-4,6,18H,5H2,1H3,(H2,16,17,19). The molecule has 1 aromatic carbocycles. The highest BCUT2D eigenvalue weighted by Crippen LogP contribution is 2.31. The van der Waals surface area contributed by atoms with Crippen molar-refractivity contribution in [2.45, 2.75) is 19.1 Å². The third kappa shape index (κ3) is 4.40. The number of hydrogen-bond acceptors (Lipinski definition) is 2. The van der Waals surface area contributed by atoms with Gasteiger partial charge in [0.15, 0.2) is 0 Å². The number of rotatable bonds is 3. The van der Waals surface area contributed by atoms with Crippen molar-refractivity contribution in [3.05, 3.63) is 29.6 Å². The average Bonchev–Trinajstić information content (AvgIpc) is 2.30. The van der Waals surface area contributed by atoms with E-state index in [2.05, 4.69) is 5.32 Å². The van der Waals surface area contributed by atoms with E-state index in [-0.39, 0.29) is 6.61 Å². The number of carbonyl (C=O) groups is 1. The fourth-order valence-corrected chi connectivity index (χ4v) is 1.23. The van der Waals surface area contributed by atoms with Crippen molar-refractivity contribution in [2.75, 3.05) is 11.9 Å². The fourth-order valence-electron chi connectivity index (χ4n) is 1.23. The number of aliphatic hydroxyl groups excluding tert-OH is 1. The van der Waals surface area contributed by atoms with Gasteiger partial charge in [-0.3, -0.25) is 0 Å². The number of amides is 2. The Kier molecular flexibility index (Phi) is 4.71. The molecule has 0 aliphatic heterocycles. The van der Waals surface area contributed by atoms with Crippen molar-refractivity contribution in [1.29, 1.82) is 0 Å². The summed E-state index contributed by atoms with van der Waals surface area (Å²) >= 11 is 0. The minimum Gasteiger partial charge on any atom is -0.394 e. The van der Waals surface area contributed by atoms with Crippen molar-refractivity contribution in [3.63, 3.8) is 0 Å². The Hall–Kier alpha value is -1.83. The number of aliphatic hydroxyl groups is 1. The highest BCUT2D eigenvalue weighted by molar-refractivity contribution is 5.89. The Morgan fingerprint density at radius 3 is 2.58 bits per heavy atom. The van der Waals surface area contributed by atoms with Crippen LogP contribution in [0, 0.1) is 5.82 Å². The van der Waals surface area contributed by atoms with Gasteiger partial charge in [-0.05, 0) is 25.1 Å². The van der Waals surface area contributed by atoms with Crippen LogP contribution in [0.3, 0.4) is 0 Å². The Balaban J connectivity index is 2.86. The van der Waals surface area contributed by atoms with Gasteiger partial charge in [-0.15, -0.1) is 0 Å². The summed E-state index contributed by atoms with van der Waals surface area (Å²) in [5.74, 6) is -0.986. The van der Waals surface area contributed by atoms with Gasteiger partial charge in [-0.25, -0.2) is 9.18 Å². The summed E-state index contributed by atoms with van der Waals surface area (Å²) in [7, 11) is 0. The minimum atomic E-state index is -4.63. The van der Waals surface area contributed by atoms with Crippen LogP contribution in [0.25, 0.3) is 0 Å². The number of alkyl halides is 3. The maximum absolute atomic E-state index is 13.3. The van der Waals surface area contributed by atoms with Gasteiger partial charge in [0, 0.05) is 0 Å². The minimum absolute atomic E-state index is 0.349.